The van der Waals surface area contributed by atoms with Crippen molar-refractivity contribution in [2.75, 3.05) is 13.1 Å². The molecule has 7 heteroatoms. The van der Waals surface area contributed by atoms with E-state index in [1.54, 1.807) is 29.7 Å². The fourth-order valence-electron chi connectivity index (χ4n) is 4.79. The van der Waals surface area contributed by atoms with Gasteiger partial charge < -0.3 is 4.57 Å². The summed E-state index contributed by atoms with van der Waals surface area (Å²) in [6.45, 7) is 3.42. The number of piperidine rings is 1. The van der Waals surface area contributed by atoms with E-state index in [2.05, 4.69) is 21.6 Å². The van der Waals surface area contributed by atoms with Crippen molar-refractivity contribution in [1.29, 1.82) is 0 Å². The summed E-state index contributed by atoms with van der Waals surface area (Å²) >= 11 is 0. The zero-order chi connectivity index (χ0) is 23.5. The van der Waals surface area contributed by atoms with Crippen LogP contribution in [0.2, 0.25) is 0 Å². The first-order chi connectivity index (χ1) is 16.6. The van der Waals surface area contributed by atoms with Crippen molar-refractivity contribution in [3.8, 4) is 0 Å². The first kappa shape index (κ1) is 22.3. The molecule has 5 rings (SSSR count). The van der Waals surface area contributed by atoms with E-state index in [1.807, 2.05) is 30.6 Å². The highest BCUT2D eigenvalue weighted by molar-refractivity contribution is 5.93. The zero-order valence-corrected chi connectivity index (χ0v) is 18.8. The number of likely N-dealkylation sites (tertiary alicyclic amines) is 1. The van der Waals surface area contributed by atoms with E-state index in [9.17, 15) is 9.18 Å². The van der Waals surface area contributed by atoms with E-state index in [4.69, 9.17) is 10.2 Å². The minimum atomic E-state index is -0.521. The summed E-state index contributed by atoms with van der Waals surface area (Å²) in [6, 6.07) is 18.4. The topological polar surface area (TPSA) is 70.4 Å². The van der Waals surface area contributed by atoms with E-state index in [0.29, 0.717) is 18.0 Å². The molecule has 0 radical (unpaired) electrons. The molecule has 1 fully saturated rings. The maximum atomic E-state index is 13.5. The number of nitrogens with one attached hydrogen (secondary N) is 1. The summed E-state index contributed by atoms with van der Waals surface area (Å²) in [5, 5.41) is 9.88. The molecule has 0 saturated carbocycles. The van der Waals surface area contributed by atoms with Gasteiger partial charge in [-0.25, -0.2) is 14.9 Å². The number of aromatic nitrogens is 2. The van der Waals surface area contributed by atoms with Gasteiger partial charge in [-0.2, -0.15) is 0 Å². The molecule has 0 bridgehead atoms. The molecule has 3 heterocycles. The molecule has 2 N–H and O–H groups in total. The number of hydroxylamine groups is 1. The van der Waals surface area contributed by atoms with Crippen molar-refractivity contribution in [3.05, 3.63) is 101 Å². The molecule has 0 spiro atoms. The van der Waals surface area contributed by atoms with Crippen LogP contribution in [0.5, 0.6) is 0 Å². The van der Waals surface area contributed by atoms with Crippen LogP contribution in [0.15, 0.2) is 73.1 Å². The number of amides is 1. The molecule has 4 aromatic rings. The second-order valence-corrected chi connectivity index (χ2v) is 8.94. The Morgan fingerprint density at radius 1 is 1.03 bits per heavy atom. The van der Waals surface area contributed by atoms with E-state index in [-0.39, 0.29) is 5.82 Å². The van der Waals surface area contributed by atoms with Gasteiger partial charge in [0.2, 0.25) is 0 Å². The standard InChI is InChI=1S/C27H27FN4O2/c28-25-3-1-2-20(14-25)17-31-11-8-21(9-12-31)24-15-23-10-13-32(26(23)29-16-24)18-19-4-6-22(7-5-19)27(33)30-34/h1-7,10,13-16,21,34H,8-9,11-12,17-18H2,(H,30,33). The predicted molar refractivity (Wildman–Crippen MR) is 128 cm³/mol. The van der Waals surface area contributed by atoms with E-state index in [1.165, 1.54) is 11.6 Å². The number of halogens is 1. The number of hydrogen-bond acceptors (Lipinski definition) is 4. The largest absolute Gasteiger partial charge is 0.328 e. The van der Waals surface area contributed by atoms with E-state index < -0.39 is 5.91 Å². The average molecular weight is 459 g/mol. The number of hydrogen-bond donors (Lipinski definition) is 2. The normalized spacial score (nSPS) is 15.0. The molecule has 0 atom stereocenters. The van der Waals surface area contributed by atoms with Gasteiger partial charge in [-0.1, -0.05) is 24.3 Å². The Balaban J connectivity index is 1.23. The van der Waals surface area contributed by atoms with Crippen LogP contribution in [0.1, 0.15) is 45.8 Å². The Labute approximate surface area is 197 Å². The van der Waals surface area contributed by atoms with E-state index in [0.717, 1.165) is 54.6 Å². The number of carbonyl (C=O) groups excluding carboxylic acids is 1. The van der Waals surface area contributed by atoms with Crippen molar-refractivity contribution in [2.24, 2.45) is 0 Å². The van der Waals surface area contributed by atoms with E-state index >= 15 is 0 Å². The zero-order valence-electron chi connectivity index (χ0n) is 18.8. The monoisotopic (exact) mass is 458 g/mol. The van der Waals surface area contributed by atoms with Gasteiger partial charge in [0.05, 0.1) is 0 Å². The fraction of sp³-hybridized carbons (Fsp3) is 0.259. The lowest BCUT2D eigenvalue weighted by molar-refractivity contribution is 0.0706. The maximum absolute atomic E-state index is 13.5. The maximum Gasteiger partial charge on any atom is 0.274 e. The number of fused-ring (bicyclic) bond motifs is 1. The summed E-state index contributed by atoms with van der Waals surface area (Å²) in [5.74, 6) is -0.217. The molecule has 1 amide bonds. The second kappa shape index (κ2) is 9.75. The molecule has 174 valence electrons. The quantitative estimate of drug-likeness (QED) is 0.324. The van der Waals surface area contributed by atoms with Gasteiger partial charge >= 0.3 is 0 Å². The number of benzene rings is 2. The molecule has 2 aromatic carbocycles. The van der Waals surface area contributed by atoms with Gasteiger partial charge in [-0.05, 0) is 84.9 Å². The summed E-state index contributed by atoms with van der Waals surface area (Å²) in [5.41, 5.74) is 6.33. The lowest BCUT2D eigenvalue weighted by Crippen LogP contribution is -2.32. The Hall–Kier alpha value is -3.55. The Kier molecular flexibility index (Phi) is 6.38. The molecular weight excluding hydrogens is 431 g/mol. The summed E-state index contributed by atoms with van der Waals surface area (Å²) in [7, 11) is 0. The summed E-state index contributed by atoms with van der Waals surface area (Å²) < 4.78 is 15.6. The molecule has 2 aromatic heterocycles. The van der Waals surface area contributed by atoms with Crippen LogP contribution in [-0.2, 0) is 13.1 Å². The van der Waals surface area contributed by atoms with Crippen LogP contribution < -0.4 is 5.48 Å². The van der Waals surface area contributed by atoms with Crippen molar-refractivity contribution in [3.63, 3.8) is 0 Å². The van der Waals surface area contributed by atoms with Crippen molar-refractivity contribution < 1.29 is 14.4 Å². The molecule has 1 aliphatic heterocycles. The third-order valence-electron chi connectivity index (χ3n) is 6.65. The van der Waals surface area contributed by atoms with Gasteiger partial charge in [0.25, 0.3) is 5.91 Å². The molecular formula is C27H27FN4O2. The highest BCUT2D eigenvalue weighted by atomic mass is 19.1. The predicted octanol–water partition coefficient (Wildman–Crippen LogP) is 4.72. The Morgan fingerprint density at radius 2 is 1.82 bits per heavy atom. The van der Waals surface area contributed by atoms with Gasteiger partial charge in [0, 0.05) is 36.4 Å². The third-order valence-corrected chi connectivity index (χ3v) is 6.65. The molecule has 6 nitrogen and oxygen atoms in total. The Bertz CT molecular complexity index is 1290. The number of carbonyl (C=O) groups is 1. The first-order valence-corrected chi connectivity index (χ1v) is 11.5. The summed E-state index contributed by atoms with van der Waals surface area (Å²) in [6.07, 6.45) is 6.17. The number of nitrogens with zero attached hydrogens (tertiary/aromatic N) is 3. The SMILES string of the molecule is O=C(NO)c1ccc(Cn2ccc3cc(C4CCN(Cc5cccc(F)c5)CC4)cnc32)cc1. The number of pyridine rings is 1. The van der Waals surface area contributed by atoms with Crippen LogP contribution in [0.3, 0.4) is 0 Å². The van der Waals surface area contributed by atoms with Crippen LogP contribution in [0.4, 0.5) is 4.39 Å². The van der Waals surface area contributed by atoms with Gasteiger partial charge in [0.1, 0.15) is 11.5 Å². The lowest BCUT2D eigenvalue weighted by atomic mass is 9.90. The number of rotatable bonds is 6. The summed E-state index contributed by atoms with van der Waals surface area (Å²) in [4.78, 5) is 18.7. The molecule has 1 saturated heterocycles. The highest BCUT2D eigenvalue weighted by Gasteiger charge is 2.21. The molecule has 1 aliphatic rings. The van der Waals surface area contributed by atoms with Crippen LogP contribution in [0.25, 0.3) is 11.0 Å². The third kappa shape index (κ3) is 4.85. The smallest absolute Gasteiger partial charge is 0.274 e. The molecule has 0 unspecified atom stereocenters. The minimum absolute atomic E-state index is 0.176. The fourth-order valence-corrected chi connectivity index (χ4v) is 4.79. The van der Waals surface area contributed by atoms with Crippen LogP contribution in [-0.4, -0.2) is 38.7 Å². The van der Waals surface area contributed by atoms with Gasteiger partial charge in [-0.3, -0.25) is 14.9 Å². The Morgan fingerprint density at radius 3 is 2.56 bits per heavy atom. The molecule has 0 aliphatic carbocycles. The first-order valence-electron chi connectivity index (χ1n) is 11.5. The van der Waals surface area contributed by atoms with Crippen molar-refractivity contribution in [1.82, 2.24) is 19.9 Å². The minimum Gasteiger partial charge on any atom is -0.328 e. The van der Waals surface area contributed by atoms with Crippen LogP contribution >= 0.6 is 0 Å². The van der Waals surface area contributed by atoms with Crippen molar-refractivity contribution in [2.45, 2.75) is 31.8 Å². The van der Waals surface area contributed by atoms with Crippen molar-refractivity contribution >= 4 is 16.9 Å². The lowest BCUT2D eigenvalue weighted by Gasteiger charge is -2.32. The van der Waals surface area contributed by atoms with Crippen LogP contribution in [0, 0.1) is 5.82 Å². The van der Waals surface area contributed by atoms with Gasteiger partial charge in [-0.15, -0.1) is 0 Å². The second-order valence-electron chi connectivity index (χ2n) is 8.94. The average Bonchev–Trinajstić information content (AvgIpc) is 3.26. The van der Waals surface area contributed by atoms with Gasteiger partial charge in [0.15, 0.2) is 0 Å². The molecule has 34 heavy (non-hydrogen) atoms. The highest BCUT2D eigenvalue weighted by Crippen LogP contribution is 2.30.